The maximum atomic E-state index is 12.6. The second-order valence-corrected chi connectivity index (χ2v) is 7.90. The summed E-state index contributed by atoms with van der Waals surface area (Å²) >= 11 is 0. The molecular formula is C23H28N4O. The fourth-order valence-electron chi connectivity index (χ4n) is 3.92. The number of amides is 1. The molecule has 0 aliphatic heterocycles. The summed E-state index contributed by atoms with van der Waals surface area (Å²) in [5.74, 6) is 0.583. The van der Waals surface area contributed by atoms with Crippen molar-refractivity contribution < 1.29 is 4.79 Å². The molecule has 1 aliphatic carbocycles. The highest BCUT2D eigenvalue weighted by atomic mass is 16.2. The minimum Gasteiger partial charge on any atom is -0.348 e. The van der Waals surface area contributed by atoms with E-state index in [4.69, 9.17) is 0 Å². The number of rotatable bonds is 7. The highest BCUT2D eigenvalue weighted by Gasteiger charge is 2.27. The largest absolute Gasteiger partial charge is 0.348 e. The molecule has 1 amide bonds. The molecule has 28 heavy (non-hydrogen) atoms. The van der Waals surface area contributed by atoms with Crippen LogP contribution in [0, 0.1) is 6.92 Å². The number of aryl methyl sites for hydroxylation is 2. The fraction of sp³-hybridized carbons (Fsp3) is 0.435. The van der Waals surface area contributed by atoms with Crippen LogP contribution in [0.1, 0.15) is 67.5 Å². The number of carbonyl (C=O) groups excluding carboxylic acids is 1. The first-order chi connectivity index (χ1) is 13.6. The van der Waals surface area contributed by atoms with Crippen LogP contribution >= 0.6 is 0 Å². The Balaban J connectivity index is 1.47. The summed E-state index contributed by atoms with van der Waals surface area (Å²) in [6.45, 7) is 6.39. The summed E-state index contributed by atoms with van der Waals surface area (Å²) in [6, 6.07) is 10.6. The van der Waals surface area contributed by atoms with E-state index in [0.29, 0.717) is 5.92 Å². The number of nitrogens with one attached hydrogen (secondary N) is 1. The average molecular weight is 377 g/mol. The van der Waals surface area contributed by atoms with Crippen LogP contribution < -0.4 is 5.32 Å². The number of carbonyl (C=O) groups is 1. The van der Waals surface area contributed by atoms with Crippen LogP contribution in [0.5, 0.6) is 0 Å². The number of nitrogens with zero attached hydrogens (tertiary/aromatic N) is 3. The first-order valence-corrected chi connectivity index (χ1v) is 10.3. The minimum atomic E-state index is -0.0480. The monoisotopic (exact) mass is 376 g/mol. The third kappa shape index (κ3) is 3.79. The van der Waals surface area contributed by atoms with Gasteiger partial charge in [0.05, 0.1) is 11.7 Å². The van der Waals surface area contributed by atoms with Gasteiger partial charge in [-0.15, -0.1) is 0 Å². The molecular weight excluding hydrogens is 348 g/mol. The Kier molecular flexibility index (Phi) is 5.16. The molecule has 2 aromatic heterocycles. The van der Waals surface area contributed by atoms with E-state index in [1.54, 1.807) is 4.68 Å². The Bertz CT molecular complexity index is 986. The molecule has 146 valence electrons. The Labute approximate surface area is 166 Å². The van der Waals surface area contributed by atoms with Gasteiger partial charge in [0, 0.05) is 11.6 Å². The second kappa shape index (κ2) is 7.74. The van der Waals surface area contributed by atoms with Crippen LogP contribution in [0.4, 0.5) is 0 Å². The van der Waals surface area contributed by atoms with Crippen LogP contribution in [0.25, 0.3) is 11.0 Å². The minimum absolute atomic E-state index is 0.0407. The number of fused-ring (bicyclic) bond motifs is 1. The topological polar surface area (TPSA) is 59.8 Å². The Morgan fingerprint density at radius 2 is 2.00 bits per heavy atom. The lowest BCUT2D eigenvalue weighted by atomic mass is 10.0. The SMILES string of the molecule is CCCc1ccc(C(C)NC(=O)Cn2nc(C)c3c(C4CC4)ccnc32)cc1. The Morgan fingerprint density at radius 3 is 2.68 bits per heavy atom. The highest BCUT2D eigenvalue weighted by Crippen LogP contribution is 2.43. The van der Waals surface area contributed by atoms with E-state index >= 15 is 0 Å². The summed E-state index contributed by atoms with van der Waals surface area (Å²) in [7, 11) is 0. The Hall–Kier alpha value is -2.69. The summed E-state index contributed by atoms with van der Waals surface area (Å²) in [4.78, 5) is 17.2. The van der Waals surface area contributed by atoms with Crippen molar-refractivity contribution in [2.75, 3.05) is 0 Å². The molecule has 1 atom stereocenters. The summed E-state index contributed by atoms with van der Waals surface area (Å²) in [6.07, 6.45) is 6.53. The lowest BCUT2D eigenvalue weighted by Gasteiger charge is -2.15. The third-order valence-corrected chi connectivity index (χ3v) is 5.55. The Morgan fingerprint density at radius 1 is 1.25 bits per heavy atom. The van der Waals surface area contributed by atoms with Crippen molar-refractivity contribution in [1.82, 2.24) is 20.1 Å². The van der Waals surface area contributed by atoms with E-state index in [1.807, 2.05) is 20.0 Å². The van der Waals surface area contributed by atoms with Crippen molar-refractivity contribution in [3.05, 3.63) is 58.9 Å². The smallest absolute Gasteiger partial charge is 0.242 e. The molecule has 5 nitrogen and oxygen atoms in total. The van der Waals surface area contributed by atoms with Gasteiger partial charge in [-0.05, 0) is 61.8 Å². The van der Waals surface area contributed by atoms with Crippen molar-refractivity contribution in [2.45, 2.75) is 65.0 Å². The number of hydrogen-bond acceptors (Lipinski definition) is 3. The molecule has 5 heteroatoms. The molecule has 0 spiro atoms. The zero-order valence-electron chi connectivity index (χ0n) is 16.9. The molecule has 1 aromatic carbocycles. The van der Waals surface area contributed by atoms with Gasteiger partial charge < -0.3 is 5.32 Å². The van der Waals surface area contributed by atoms with Gasteiger partial charge in [0.1, 0.15) is 6.54 Å². The summed E-state index contributed by atoms with van der Waals surface area (Å²) in [5.41, 5.74) is 5.55. The lowest BCUT2D eigenvalue weighted by Crippen LogP contribution is -2.30. The molecule has 0 saturated heterocycles. The van der Waals surface area contributed by atoms with Crippen LogP contribution in [0.2, 0.25) is 0 Å². The molecule has 1 aliphatic rings. The van der Waals surface area contributed by atoms with Crippen LogP contribution in [-0.2, 0) is 17.8 Å². The van der Waals surface area contributed by atoms with E-state index in [1.165, 1.54) is 24.0 Å². The molecule has 0 bridgehead atoms. The molecule has 1 saturated carbocycles. The van der Waals surface area contributed by atoms with Crippen molar-refractivity contribution in [3.8, 4) is 0 Å². The maximum absolute atomic E-state index is 12.6. The van der Waals surface area contributed by atoms with E-state index in [9.17, 15) is 4.79 Å². The highest BCUT2D eigenvalue weighted by molar-refractivity contribution is 5.85. The molecule has 1 fully saturated rings. The van der Waals surface area contributed by atoms with Crippen LogP contribution in [-0.4, -0.2) is 20.7 Å². The molecule has 3 aromatic rings. The first-order valence-electron chi connectivity index (χ1n) is 10.3. The second-order valence-electron chi connectivity index (χ2n) is 7.90. The van der Waals surface area contributed by atoms with Gasteiger partial charge in [-0.1, -0.05) is 37.6 Å². The summed E-state index contributed by atoms with van der Waals surface area (Å²) in [5, 5.41) is 8.82. The van der Waals surface area contributed by atoms with E-state index in [2.05, 4.69) is 52.7 Å². The summed E-state index contributed by atoms with van der Waals surface area (Å²) < 4.78 is 1.74. The van der Waals surface area contributed by atoms with Crippen molar-refractivity contribution in [3.63, 3.8) is 0 Å². The van der Waals surface area contributed by atoms with Crippen molar-refractivity contribution >= 4 is 16.9 Å². The third-order valence-electron chi connectivity index (χ3n) is 5.55. The zero-order chi connectivity index (χ0) is 19.7. The predicted molar refractivity (Wildman–Crippen MR) is 111 cm³/mol. The van der Waals surface area contributed by atoms with E-state index < -0.39 is 0 Å². The lowest BCUT2D eigenvalue weighted by molar-refractivity contribution is -0.122. The molecule has 0 radical (unpaired) electrons. The number of aromatic nitrogens is 3. The normalized spacial score (nSPS) is 15.0. The maximum Gasteiger partial charge on any atom is 0.242 e. The zero-order valence-corrected chi connectivity index (χ0v) is 16.9. The molecule has 1 N–H and O–H groups in total. The van der Waals surface area contributed by atoms with E-state index in [0.717, 1.165) is 35.1 Å². The van der Waals surface area contributed by atoms with Crippen LogP contribution in [0.3, 0.4) is 0 Å². The number of benzene rings is 1. The average Bonchev–Trinajstić information content (AvgIpc) is 3.48. The predicted octanol–water partition coefficient (Wildman–Crippen LogP) is 4.45. The van der Waals surface area contributed by atoms with Crippen molar-refractivity contribution in [1.29, 1.82) is 0 Å². The molecule has 1 unspecified atom stereocenters. The van der Waals surface area contributed by atoms with E-state index in [-0.39, 0.29) is 18.5 Å². The quantitative estimate of drug-likeness (QED) is 0.663. The van der Waals surface area contributed by atoms with Gasteiger partial charge in [0.25, 0.3) is 0 Å². The van der Waals surface area contributed by atoms with Crippen molar-refractivity contribution in [2.24, 2.45) is 0 Å². The van der Waals surface area contributed by atoms with Gasteiger partial charge in [-0.25, -0.2) is 9.67 Å². The number of pyridine rings is 1. The van der Waals surface area contributed by atoms with Gasteiger partial charge >= 0.3 is 0 Å². The van der Waals surface area contributed by atoms with Gasteiger partial charge in [-0.3, -0.25) is 4.79 Å². The standard InChI is InChI=1S/C23H28N4O/c1-4-5-17-6-8-18(9-7-17)15(2)25-21(28)14-27-23-22(16(3)26-27)20(12-13-24-23)19-10-11-19/h6-9,12-13,15,19H,4-5,10-11,14H2,1-3H3,(H,25,28). The molecule has 2 heterocycles. The fourth-order valence-corrected chi connectivity index (χ4v) is 3.92. The number of hydrogen-bond donors (Lipinski definition) is 1. The first kappa shape index (κ1) is 18.7. The van der Waals surface area contributed by atoms with Gasteiger partial charge in [0.15, 0.2) is 5.65 Å². The van der Waals surface area contributed by atoms with Gasteiger partial charge in [0.2, 0.25) is 5.91 Å². The van der Waals surface area contributed by atoms with Gasteiger partial charge in [-0.2, -0.15) is 5.10 Å². The molecule has 4 rings (SSSR count). The van der Waals surface area contributed by atoms with Crippen LogP contribution in [0.15, 0.2) is 36.5 Å².